The highest BCUT2D eigenvalue weighted by atomic mass is 16.7. The number of aromatic nitrogens is 5. The first kappa shape index (κ1) is 34.6. The van der Waals surface area contributed by atoms with Crippen LogP contribution in [0, 0.1) is 6.92 Å². The van der Waals surface area contributed by atoms with E-state index >= 15 is 0 Å². The van der Waals surface area contributed by atoms with Crippen molar-refractivity contribution < 1.29 is 33.3 Å². The highest BCUT2D eigenvalue weighted by Crippen LogP contribution is 2.36. The molecule has 0 unspecified atom stereocenters. The summed E-state index contributed by atoms with van der Waals surface area (Å²) in [6, 6.07) is 31.5. The molecular weight excluding hydrogens is 682 g/mol. The molecule has 14 heteroatoms. The number of esters is 3. The van der Waals surface area contributed by atoms with Gasteiger partial charge in [-0.25, -0.2) is 28.7 Å². The van der Waals surface area contributed by atoms with Crippen LogP contribution in [0.3, 0.4) is 0 Å². The lowest BCUT2D eigenvalue weighted by atomic mass is 10.1. The molecule has 7 rings (SSSR count). The molecule has 266 valence electrons. The molecule has 6 aromatic rings. The Morgan fingerprint density at radius 2 is 1.23 bits per heavy atom. The van der Waals surface area contributed by atoms with Crippen molar-refractivity contribution in [3.8, 4) is 11.4 Å². The zero-order chi connectivity index (χ0) is 37.1. The number of hydrogen-bond acceptors (Lipinski definition) is 12. The van der Waals surface area contributed by atoms with Crippen LogP contribution in [0.25, 0.3) is 22.6 Å². The molecule has 1 fully saturated rings. The van der Waals surface area contributed by atoms with Gasteiger partial charge >= 0.3 is 23.6 Å². The molecule has 4 atom stereocenters. The van der Waals surface area contributed by atoms with E-state index in [0.29, 0.717) is 5.56 Å². The monoisotopic (exact) mass is 713 g/mol. The minimum Gasteiger partial charge on any atom is -0.459 e. The third-order valence-corrected chi connectivity index (χ3v) is 8.64. The Kier molecular flexibility index (Phi) is 9.68. The van der Waals surface area contributed by atoms with E-state index in [-0.39, 0.29) is 33.7 Å². The lowest BCUT2D eigenvalue weighted by Crippen LogP contribution is -2.45. The molecule has 0 spiro atoms. The van der Waals surface area contributed by atoms with Crippen molar-refractivity contribution in [3.63, 3.8) is 0 Å². The first-order valence-electron chi connectivity index (χ1n) is 16.5. The van der Waals surface area contributed by atoms with Crippen LogP contribution in [0.15, 0.2) is 125 Å². The second-order valence-corrected chi connectivity index (χ2v) is 12.2. The van der Waals surface area contributed by atoms with E-state index in [4.69, 9.17) is 18.9 Å². The topological polar surface area (TPSA) is 171 Å². The maximum atomic E-state index is 14.0. The van der Waals surface area contributed by atoms with Crippen molar-refractivity contribution in [2.45, 2.75) is 31.5 Å². The molecule has 53 heavy (non-hydrogen) atoms. The van der Waals surface area contributed by atoms with Gasteiger partial charge in [0.25, 0.3) is 5.56 Å². The highest BCUT2D eigenvalue weighted by molar-refractivity contribution is 5.91. The summed E-state index contributed by atoms with van der Waals surface area (Å²) in [4.78, 5) is 72.2. The van der Waals surface area contributed by atoms with Crippen LogP contribution < -0.4 is 11.2 Å². The van der Waals surface area contributed by atoms with Gasteiger partial charge in [-0.3, -0.25) is 9.36 Å². The average molecular weight is 714 g/mol. The van der Waals surface area contributed by atoms with Crippen molar-refractivity contribution in [1.29, 1.82) is 0 Å². The van der Waals surface area contributed by atoms with Gasteiger partial charge in [-0.2, -0.15) is 0 Å². The second kappa shape index (κ2) is 14.8. The van der Waals surface area contributed by atoms with Crippen LogP contribution in [-0.2, 0) is 26.0 Å². The van der Waals surface area contributed by atoms with Crippen LogP contribution in [0.5, 0.6) is 0 Å². The van der Waals surface area contributed by atoms with Crippen LogP contribution in [0.2, 0.25) is 0 Å². The Hall–Kier alpha value is -6.80. The smallest absolute Gasteiger partial charge is 0.338 e. The van der Waals surface area contributed by atoms with E-state index in [9.17, 15) is 24.0 Å². The zero-order valence-corrected chi connectivity index (χ0v) is 28.4. The molecule has 3 heterocycles. The van der Waals surface area contributed by atoms with Gasteiger partial charge in [-0.15, -0.1) is 10.2 Å². The summed E-state index contributed by atoms with van der Waals surface area (Å²) in [5.74, 6) is -2.21. The number of aryl methyl sites for hydroxylation is 1. The molecule has 2 aromatic heterocycles. The van der Waals surface area contributed by atoms with Crippen LogP contribution in [-0.4, -0.2) is 67.1 Å². The average Bonchev–Trinajstić information content (AvgIpc) is 3.52. The van der Waals surface area contributed by atoms with E-state index in [1.807, 2.05) is 19.1 Å². The second-order valence-electron chi connectivity index (χ2n) is 12.2. The van der Waals surface area contributed by atoms with E-state index in [1.165, 1.54) is 31.3 Å². The summed E-state index contributed by atoms with van der Waals surface area (Å²) in [5, 5.41) is 8.47. The van der Waals surface area contributed by atoms with Gasteiger partial charge in [0.2, 0.25) is 0 Å². The third kappa shape index (κ3) is 7.07. The number of carbonyl (C=O) groups is 3. The Bertz CT molecular complexity index is 2420. The molecule has 0 radical (unpaired) electrons. The molecule has 1 saturated heterocycles. The number of carbonyl (C=O) groups excluding carboxylic acids is 3. The minimum absolute atomic E-state index is 0.125. The molecule has 0 saturated carbocycles. The summed E-state index contributed by atoms with van der Waals surface area (Å²) < 4.78 is 25.7. The largest absolute Gasteiger partial charge is 0.459 e. The first-order chi connectivity index (χ1) is 25.7. The van der Waals surface area contributed by atoms with E-state index < -0.39 is 60.3 Å². The molecule has 4 aromatic carbocycles. The van der Waals surface area contributed by atoms with Crippen molar-refractivity contribution in [2.24, 2.45) is 7.05 Å². The summed E-state index contributed by atoms with van der Waals surface area (Å²) in [6.07, 6.45) is -5.87. The molecule has 0 aliphatic carbocycles. The van der Waals surface area contributed by atoms with E-state index in [2.05, 4.69) is 15.2 Å². The van der Waals surface area contributed by atoms with Crippen molar-refractivity contribution in [1.82, 2.24) is 24.3 Å². The van der Waals surface area contributed by atoms with Gasteiger partial charge in [0.15, 0.2) is 35.4 Å². The fraction of sp³-hybridized carbons (Fsp3) is 0.179. The summed E-state index contributed by atoms with van der Waals surface area (Å²) in [6.45, 7) is 1.43. The van der Waals surface area contributed by atoms with Gasteiger partial charge in [-0.1, -0.05) is 84.4 Å². The molecule has 0 bridgehead atoms. The number of hydrogen-bond donors (Lipinski definition) is 0. The van der Waals surface area contributed by atoms with Crippen molar-refractivity contribution in [2.75, 3.05) is 6.61 Å². The maximum absolute atomic E-state index is 14.0. The lowest BCUT2D eigenvalue weighted by Gasteiger charge is -2.25. The zero-order valence-electron chi connectivity index (χ0n) is 28.4. The van der Waals surface area contributed by atoms with E-state index in [1.54, 1.807) is 78.9 Å². The Balaban J connectivity index is 1.35. The van der Waals surface area contributed by atoms with Crippen molar-refractivity contribution >= 4 is 29.1 Å². The summed E-state index contributed by atoms with van der Waals surface area (Å²) in [5.41, 5.74) is -0.0482. The Morgan fingerprint density at radius 3 is 1.79 bits per heavy atom. The standard InChI is InChI=1S/C39H31N5O9/c1-23-18-20-24(21-19-23)32-40-29-33(42-41-32)44(39(49)43(2)34(29)45)35-31(53-38(48)27-16-10-5-11-17-27)30(52-37(47)26-14-8-4-9-15-26)28(51-35)22-50-36(46)25-12-6-3-7-13-25/h3-21,28,30-31,35H,22H2,1-2H3/t28-,30-,31-,35-/m1/s1. The lowest BCUT2D eigenvalue weighted by molar-refractivity contribution is -0.0627. The predicted octanol–water partition coefficient (Wildman–Crippen LogP) is 4.07. The van der Waals surface area contributed by atoms with Gasteiger partial charge in [-0.05, 0) is 43.3 Å². The van der Waals surface area contributed by atoms with Gasteiger partial charge < -0.3 is 18.9 Å². The maximum Gasteiger partial charge on any atom is 0.338 e. The SMILES string of the molecule is Cc1ccc(-c2nnc3c(n2)c(=O)n(C)c(=O)n3[C@@H]2O[C@H](COC(=O)c3ccccc3)[C@@H](OC(=O)c3ccccc3)[C@H]2OC(=O)c2ccccc2)cc1. The van der Waals surface area contributed by atoms with E-state index in [0.717, 1.165) is 14.7 Å². The van der Waals surface area contributed by atoms with Crippen LogP contribution in [0.1, 0.15) is 42.9 Å². The predicted molar refractivity (Wildman–Crippen MR) is 189 cm³/mol. The number of benzene rings is 4. The number of rotatable bonds is 9. The quantitative estimate of drug-likeness (QED) is 0.156. The van der Waals surface area contributed by atoms with Crippen LogP contribution >= 0.6 is 0 Å². The molecule has 0 N–H and O–H groups in total. The number of ether oxygens (including phenoxy) is 4. The third-order valence-electron chi connectivity index (χ3n) is 8.64. The van der Waals surface area contributed by atoms with Crippen molar-refractivity contribution in [3.05, 3.63) is 158 Å². The normalized spacial score (nSPS) is 18.0. The summed E-state index contributed by atoms with van der Waals surface area (Å²) >= 11 is 0. The Morgan fingerprint density at radius 1 is 0.698 bits per heavy atom. The number of nitrogens with zero attached hydrogens (tertiary/aromatic N) is 5. The van der Waals surface area contributed by atoms with Gasteiger partial charge in [0.05, 0.1) is 16.7 Å². The fourth-order valence-corrected chi connectivity index (χ4v) is 5.84. The first-order valence-corrected chi connectivity index (χ1v) is 16.5. The molecule has 14 nitrogen and oxygen atoms in total. The molecular formula is C39H31N5O9. The molecule has 1 aliphatic rings. The Labute approximate surface area is 301 Å². The highest BCUT2D eigenvalue weighted by Gasteiger charge is 2.52. The summed E-state index contributed by atoms with van der Waals surface area (Å²) in [7, 11) is 1.25. The minimum atomic E-state index is -1.58. The van der Waals surface area contributed by atoms with Crippen LogP contribution in [0.4, 0.5) is 0 Å². The number of fused-ring (bicyclic) bond motifs is 1. The van der Waals surface area contributed by atoms with Gasteiger partial charge in [0, 0.05) is 12.6 Å². The van der Waals surface area contributed by atoms with Gasteiger partial charge in [0.1, 0.15) is 12.7 Å². The fourth-order valence-electron chi connectivity index (χ4n) is 5.84. The molecule has 1 aliphatic heterocycles. The molecule has 0 amide bonds.